The molecule has 0 aliphatic carbocycles. The number of aliphatic carboxylic acids is 1. The fourth-order valence-corrected chi connectivity index (χ4v) is 2.34. The summed E-state index contributed by atoms with van der Waals surface area (Å²) < 4.78 is 1.57. The van der Waals surface area contributed by atoms with Crippen LogP contribution >= 0.6 is 11.6 Å². The number of nitrogens with zero attached hydrogens (tertiary/aromatic N) is 3. The molecule has 5 nitrogen and oxygen atoms in total. The molecule has 2 aromatic heterocycles. The van der Waals surface area contributed by atoms with Crippen molar-refractivity contribution in [2.45, 2.75) is 6.42 Å². The normalized spacial score (nSPS) is 10.8. The predicted octanol–water partition coefficient (Wildman–Crippen LogP) is 2.68. The molecule has 0 amide bonds. The van der Waals surface area contributed by atoms with Crippen molar-refractivity contribution >= 4 is 23.2 Å². The van der Waals surface area contributed by atoms with Crippen molar-refractivity contribution in [3.63, 3.8) is 0 Å². The first-order valence-corrected chi connectivity index (χ1v) is 6.33. The molecule has 0 radical (unpaired) electrons. The summed E-state index contributed by atoms with van der Waals surface area (Å²) in [5.41, 5.74) is 2.35. The molecule has 6 heteroatoms. The average molecular weight is 288 g/mol. The highest BCUT2D eigenvalue weighted by atomic mass is 35.5. The van der Waals surface area contributed by atoms with E-state index in [1.165, 1.54) is 0 Å². The zero-order valence-corrected chi connectivity index (χ0v) is 11.1. The van der Waals surface area contributed by atoms with E-state index in [1.54, 1.807) is 29.0 Å². The molecule has 0 aliphatic heterocycles. The van der Waals surface area contributed by atoms with E-state index in [2.05, 4.69) is 10.1 Å². The van der Waals surface area contributed by atoms with E-state index in [1.807, 2.05) is 18.2 Å². The second-order valence-electron chi connectivity index (χ2n) is 4.27. The lowest BCUT2D eigenvalue weighted by molar-refractivity contribution is -0.136. The van der Waals surface area contributed by atoms with Gasteiger partial charge in [-0.25, -0.2) is 9.50 Å². The maximum absolute atomic E-state index is 11.1. The number of hydrogen-bond acceptors (Lipinski definition) is 3. The molecule has 20 heavy (non-hydrogen) atoms. The number of aromatic nitrogens is 3. The molecule has 100 valence electrons. The summed E-state index contributed by atoms with van der Waals surface area (Å²) in [7, 11) is 0. The standard InChI is InChI=1S/C14H10ClN3O2/c15-11-5-2-1-4-9(11)13-10(8-12(19)20)14-16-6-3-7-18(14)17-13/h1-7H,8H2,(H,19,20). The predicted molar refractivity (Wildman–Crippen MR) is 74.8 cm³/mol. The molecule has 0 unspecified atom stereocenters. The maximum Gasteiger partial charge on any atom is 0.308 e. The lowest BCUT2D eigenvalue weighted by Gasteiger charge is -2.02. The molecule has 0 atom stereocenters. The highest BCUT2D eigenvalue weighted by molar-refractivity contribution is 6.33. The Morgan fingerprint density at radius 2 is 2.10 bits per heavy atom. The third-order valence-electron chi connectivity index (χ3n) is 2.95. The fourth-order valence-electron chi connectivity index (χ4n) is 2.12. The van der Waals surface area contributed by atoms with Crippen LogP contribution in [0.3, 0.4) is 0 Å². The molecule has 1 aromatic carbocycles. The van der Waals surface area contributed by atoms with Gasteiger partial charge in [-0.3, -0.25) is 4.79 Å². The van der Waals surface area contributed by atoms with Crippen LogP contribution in [0.15, 0.2) is 42.7 Å². The Kier molecular flexibility index (Phi) is 3.12. The topological polar surface area (TPSA) is 67.5 Å². The number of rotatable bonds is 3. The molecule has 0 saturated carbocycles. The first-order chi connectivity index (χ1) is 9.66. The van der Waals surface area contributed by atoms with Crippen molar-refractivity contribution in [2.75, 3.05) is 0 Å². The third-order valence-corrected chi connectivity index (χ3v) is 3.28. The van der Waals surface area contributed by atoms with E-state index in [9.17, 15) is 4.79 Å². The number of fused-ring (bicyclic) bond motifs is 1. The molecule has 3 rings (SSSR count). The van der Waals surface area contributed by atoms with Gasteiger partial charge in [0.15, 0.2) is 5.65 Å². The summed E-state index contributed by atoms with van der Waals surface area (Å²) >= 11 is 6.18. The molecular weight excluding hydrogens is 278 g/mol. The Balaban J connectivity index is 2.29. The van der Waals surface area contributed by atoms with Gasteiger partial charge in [-0.2, -0.15) is 5.10 Å². The van der Waals surface area contributed by atoms with Gasteiger partial charge in [-0.1, -0.05) is 29.8 Å². The Bertz CT molecular complexity index is 798. The zero-order valence-electron chi connectivity index (χ0n) is 10.3. The number of hydrogen-bond donors (Lipinski definition) is 1. The second kappa shape index (κ2) is 4.94. The smallest absolute Gasteiger partial charge is 0.308 e. The van der Waals surface area contributed by atoms with Crippen LogP contribution in [0.25, 0.3) is 16.9 Å². The van der Waals surface area contributed by atoms with E-state index in [4.69, 9.17) is 16.7 Å². The van der Waals surface area contributed by atoms with E-state index >= 15 is 0 Å². The molecule has 3 aromatic rings. The summed E-state index contributed by atoms with van der Waals surface area (Å²) in [5, 5.41) is 14.0. The number of benzene rings is 1. The average Bonchev–Trinajstić information content (AvgIpc) is 2.78. The van der Waals surface area contributed by atoms with Gasteiger partial charge >= 0.3 is 5.97 Å². The summed E-state index contributed by atoms with van der Waals surface area (Å²) in [6.07, 6.45) is 3.19. The van der Waals surface area contributed by atoms with Crippen LogP contribution in [0.1, 0.15) is 5.56 Å². The molecule has 2 heterocycles. The summed E-state index contributed by atoms with van der Waals surface area (Å²) in [6, 6.07) is 8.95. The van der Waals surface area contributed by atoms with Gasteiger partial charge in [0.05, 0.1) is 11.4 Å². The van der Waals surface area contributed by atoms with E-state index < -0.39 is 5.97 Å². The monoisotopic (exact) mass is 287 g/mol. The van der Waals surface area contributed by atoms with Gasteiger partial charge < -0.3 is 5.11 Å². The molecule has 0 bridgehead atoms. The van der Waals surface area contributed by atoms with Crippen LogP contribution in [0.4, 0.5) is 0 Å². The summed E-state index contributed by atoms with van der Waals surface area (Å²) in [4.78, 5) is 15.3. The van der Waals surface area contributed by atoms with Crippen LogP contribution in [0.5, 0.6) is 0 Å². The number of carboxylic acids is 1. The van der Waals surface area contributed by atoms with Crippen molar-refractivity contribution < 1.29 is 9.90 Å². The van der Waals surface area contributed by atoms with Crippen LogP contribution in [0.2, 0.25) is 5.02 Å². The van der Waals surface area contributed by atoms with Crippen molar-refractivity contribution in [1.82, 2.24) is 14.6 Å². The van der Waals surface area contributed by atoms with E-state index in [0.29, 0.717) is 27.5 Å². The largest absolute Gasteiger partial charge is 0.481 e. The van der Waals surface area contributed by atoms with Crippen LogP contribution < -0.4 is 0 Å². The summed E-state index contributed by atoms with van der Waals surface area (Å²) in [6.45, 7) is 0. The molecule has 0 saturated heterocycles. The Labute approximate surface area is 119 Å². The van der Waals surface area contributed by atoms with Gasteiger partial charge in [-0.15, -0.1) is 0 Å². The number of carbonyl (C=O) groups is 1. The SMILES string of the molecule is O=C(O)Cc1c(-c2ccccc2Cl)nn2cccnc12. The maximum atomic E-state index is 11.1. The highest BCUT2D eigenvalue weighted by Crippen LogP contribution is 2.31. The fraction of sp³-hybridized carbons (Fsp3) is 0.0714. The molecule has 1 N–H and O–H groups in total. The Morgan fingerprint density at radius 3 is 2.85 bits per heavy atom. The number of carboxylic acid groups (broad SMARTS) is 1. The first-order valence-electron chi connectivity index (χ1n) is 5.96. The minimum absolute atomic E-state index is 0.152. The minimum atomic E-state index is -0.932. The van der Waals surface area contributed by atoms with Crippen LogP contribution in [-0.4, -0.2) is 25.7 Å². The van der Waals surface area contributed by atoms with Gasteiger partial charge in [0.1, 0.15) is 5.69 Å². The minimum Gasteiger partial charge on any atom is -0.481 e. The van der Waals surface area contributed by atoms with Crippen LogP contribution in [0, 0.1) is 0 Å². The van der Waals surface area contributed by atoms with Crippen molar-refractivity contribution in [3.8, 4) is 11.3 Å². The Morgan fingerprint density at radius 1 is 1.30 bits per heavy atom. The zero-order chi connectivity index (χ0) is 14.1. The molecule has 0 aliphatic rings. The molecule has 0 fully saturated rings. The van der Waals surface area contributed by atoms with E-state index in [-0.39, 0.29) is 6.42 Å². The molecule has 0 spiro atoms. The first kappa shape index (κ1) is 12.6. The van der Waals surface area contributed by atoms with Gasteiger partial charge in [-0.05, 0) is 12.1 Å². The number of halogens is 1. The van der Waals surface area contributed by atoms with Crippen molar-refractivity contribution in [3.05, 3.63) is 53.3 Å². The Hall–Kier alpha value is -2.40. The van der Waals surface area contributed by atoms with Crippen molar-refractivity contribution in [1.29, 1.82) is 0 Å². The quantitative estimate of drug-likeness (QED) is 0.804. The van der Waals surface area contributed by atoms with E-state index in [0.717, 1.165) is 0 Å². The lowest BCUT2D eigenvalue weighted by atomic mass is 10.1. The summed E-state index contributed by atoms with van der Waals surface area (Å²) in [5.74, 6) is -0.932. The molecular formula is C14H10ClN3O2. The van der Waals surface area contributed by atoms with Gasteiger partial charge in [0.2, 0.25) is 0 Å². The third kappa shape index (κ3) is 2.12. The highest BCUT2D eigenvalue weighted by Gasteiger charge is 2.19. The van der Waals surface area contributed by atoms with Crippen molar-refractivity contribution in [2.24, 2.45) is 0 Å². The second-order valence-corrected chi connectivity index (χ2v) is 4.67. The van der Waals surface area contributed by atoms with Gasteiger partial charge in [0.25, 0.3) is 0 Å². The lowest BCUT2D eigenvalue weighted by Crippen LogP contribution is -2.01. The van der Waals surface area contributed by atoms with Gasteiger partial charge in [0, 0.05) is 23.5 Å². The van der Waals surface area contributed by atoms with Crippen LogP contribution in [-0.2, 0) is 11.2 Å².